The fourth-order valence-corrected chi connectivity index (χ4v) is 4.89. The molecule has 5 nitrogen and oxygen atoms in total. The van der Waals surface area contributed by atoms with Crippen molar-refractivity contribution < 1.29 is 19.4 Å². The first-order valence-electron chi connectivity index (χ1n) is 12.3. The van der Waals surface area contributed by atoms with Gasteiger partial charge in [-0.2, -0.15) is 0 Å². The van der Waals surface area contributed by atoms with E-state index in [1.165, 1.54) is 11.1 Å². The molecule has 0 saturated heterocycles. The lowest BCUT2D eigenvalue weighted by Crippen LogP contribution is -2.31. The number of rotatable bonds is 9. The van der Waals surface area contributed by atoms with E-state index in [-0.39, 0.29) is 18.9 Å². The summed E-state index contributed by atoms with van der Waals surface area (Å²) in [4.78, 5) is 24.4. The van der Waals surface area contributed by atoms with Crippen LogP contribution in [0.25, 0.3) is 16.7 Å². The summed E-state index contributed by atoms with van der Waals surface area (Å²) in [5, 5.41) is 12.2. The Hall–Kier alpha value is -4.12. The minimum Gasteiger partial charge on any atom is -0.481 e. The molecule has 3 aromatic carbocycles. The largest absolute Gasteiger partial charge is 0.481 e. The number of carbonyl (C=O) groups is 2. The van der Waals surface area contributed by atoms with Gasteiger partial charge in [0.05, 0.1) is 12.5 Å². The van der Waals surface area contributed by atoms with E-state index in [1.807, 2.05) is 79.7 Å². The van der Waals surface area contributed by atoms with Crippen LogP contribution in [0.3, 0.4) is 0 Å². The van der Waals surface area contributed by atoms with Crippen molar-refractivity contribution in [1.29, 1.82) is 0 Å². The molecule has 0 spiro atoms. The number of hydrogen-bond acceptors (Lipinski definition) is 3. The predicted octanol–water partition coefficient (Wildman–Crippen LogP) is 7.13. The molecule has 4 rings (SSSR count). The summed E-state index contributed by atoms with van der Waals surface area (Å²) in [5.74, 6) is -1.05. The smallest absolute Gasteiger partial charge is 0.407 e. The van der Waals surface area contributed by atoms with E-state index in [0.29, 0.717) is 5.56 Å². The van der Waals surface area contributed by atoms with Crippen molar-refractivity contribution in [3.05, 3.63) is 113 Å². The first-order valence-corrected chi connectivity index (χ1v) is 12.3. The second kappa shape index (κ2) is 11.5. The van der Waals surface area contributed by atoms with Crippen LogP contribution in [0.15, 0.2) is 96.6 Å². The van der Waals surface area contributed by atoms with Gasteiger partial charge in [-0.05, 0) is 52.3 Å². The normalized spacial score (nSPS) is 15.6. The topological polar surface area (TPSA) is 75.6 Å². The molecule has 0 fully saturated rings. The van der Waals surface area contributed by atoms with E-state index >= 15 is 0 Å². The van der Waals surface area contributed by atoms with Crippen LogP contribution in [0.5, 0.6) is 0 Å². The molecule has 0 radical (unpaired) electrons. The maximum absolute atomic E-state index is 12.8. The first-order chi connectivity index (χ1) is 17.5. The fourth-order valence-electron chi connectivity index (χ4n) is 4.89. The Kier molecular flexibility index (Phi) is 8.01. The van der Waals surface area contributed by atoms with E-state index in [2.05, 4.69) is 30.4 Å². The second-order valence-electron chi connectivity index (χ2n) is 8.81. The van der Waals surface area contributed by atoms with Crippen molar-refractivity contribution in [3.63, 3.8) is 0 Å². The molecule has 1 amide bonds. The van der Waals surface area contributed by atoms with Crippen molar-refractivity contribution in [3.8, 4) is 11.1 Å². The third-order valence-electron chi connectivity index (χ3n) is 6.56. The standard InChI is InChI=1S/C31H31NO4/c1-3-10-25-24(4-2)26-13-8-9-14-27(26)28(25)20-36-31(35)32-29(19-30(33)34)23-17-15-22(16-18-23)21-11-6-5-7-12-21/h3,5-18,28-29H,4,19-20H2,1-2H3,(H,32,35)(H,33,34)/b10-3-. The number of amides is 1. The van der Waals surface area contributed by atoms with Crippen molar-refractivity contribution >= 4 is 17.6 Å². The Morgan fingerprint density at radius 3 is 2.31 bits per heavy atom. The Morgan fingerprint density at radius 1 is 0.972 bits per heavy atom. The molecule has 1 aliphatic carbocycles. The van der Waals surface area contributed by atoms with Gasteiger partial charge in [0.2, 0.25) is 0 Å². The van der Waals surface area contributed by atoms with Gasteiger partial charge in [-0.25, -0.2) is 4.79 Å². The van der Waals surface area contributed by atoms with E-state index in [4.69, 9.17) is 4.74 Å². The maximum atomic E-state index is 12.8. The Bertz CT molecular complexity index is 1280. The molecule has 2 N–H and O–H groups in total. The quantitative estimate of drug-likeness (QED) is 0.341. The summed E-state index contributed by atoms with van der Waals surface area (Å²) in [6.07, 6.45) is 4.11. The minimum absolute atomic E-state index is 0.0545. The molecular weight excluding hydrogens is 450 g/mol. The van der Waals surface area contributed by atoms with Gasteiger partial charge in [0, 0.05) is 5.92 Å². The molecule has 0 aromatic heterocycles. The van der Waals surface area contributed by atoms with Crippen molar-refractivity contribution in [2.24, 2.45) is 0 Å². The van der Waals surface area contributed by atoms with Crippen LogP contribution < -0.4 is 5.32 Å². The average Bonchev–Trinajstić information content (AvgIpc) is 3.20. The highest BCUT2D eigenvalue weighted by Gasteiger charge is 2.30. The van der Waals surface area contributed by atoms with Crippen LogP contribution in [-0.4, -0.2) is 23.8 Å². The fraction of sp³-hybridized carbons (Fsp3) is 0.226. The monoisotopic (exact) mass is 481 g/mol. The third kappa shape index (κ3) is 5.57. The number of benzene rings is 3. The lowest BCUT2D eigenvalue weighted by atomic mass is 9.96. The number of fused-ring (bicyclic) bond motifs is 1. The molecule has 2 unspecified atom stereocenters. The summed E-state index contributed by atoms with van der Waals surface area (Å²) in [6, 6.07) is 25.0. The van der Waals surface area contributed by atoms with Gasteiger partial charge in [-0.3, -0.25) is 4.79 Å². The van der Waals surface area contributed by atoms with Gasteiger partial charge in [0.25, 0.3) is 0 Å². The number of carboxylic acid groups (broad SMARTS) is 1. The molecule has 36 heavy (non-hydrogen) atoms. The van der Waals surface area contributed by atoms with Crippen molar-refractivity contribution in [2.75, 3.05) is 6.61 Å². The summed E-state index contributed by atoms with van der Waals surface area (Å²) >= 11 is 0. The number of ether oxygens (including phenoxy) is 1. The van der Waals surface area contributed by atoms with Crippen LogP contribution in [0, 0.1) is 0 Å². The number of carbonyl (C=O) groups excluding carboxylic acids is 1. The molecule has 1 aliphatic rings. The number of allylic oxidation sites excluding steroid dienone is 3. The van der Waals surface area contributed by atoms with E-state index in [0.717, 1.165) is 28.7 Å². The number of aliphatic carboxylic acids is 1. The highest BCUT2D eigenvalue weighted by atomic mass is 16.5. The minimum atomic E-state index is -0.997. The molecule has 5 heteroatoms. The Balaban J connectivity index is 1.48. The Morgan fingerprint density at radius 2 is 1.64 bits per heavy atom. The highest BCUT2D eigenvalue weighted by Crippen LogP contribution is 2.44. The molecule has 2 atom stereocenters. The molecule has 3 aromatic rings. The maximum Gasteiger partial charge on any atom is 0.407 e. The van der Waals surface area contributed by atoms with Gasteiger partial charge < -0.3 is 15.2 Å². The summed E-state index contributed by atoms with van der Waals surface area (Å²) < 4.78 is 5.67. The van der Waals surface area contributed by atoms with Crippen molar-refractivity contribution in [2.45, 2.75) is 38.6 Å². The van der Waals surface area contributed by atoms with Gasteiger partial charge in [-0.1, -0.05) is 97.9 Å². The second-order valence-corrected chi connectivity index (χ2v) is 8.81. The lowest BCUT2D eigenvalue weighted by molar-refractivity contribution is -0.137. The van der Waals surface area contributed by atoms with E-state index in [9.17, 15) is 14.7 Å². The van der Waals surface area contributed by atoms with Gasteiger partial charge in [-0.15, -0.1) is 0 Å². The SMILES string of the molecule is C/C=C\C1=C(CC)c2ccccc2C1COC(=O)NC(CC(=O)O)c1ccc(-c2ccccc2)cc1. The number of nitrogens with one attached hydrogen (secondary N) is 1. The molecular formula is C31H31NO4. The highest BCUT2D eigenvalue weighted by molar-refractivity contribution is 5.80. The summed E-state index contributed by atoms with van der Waals surface area (Å²) in [6.45, 7) is 4.29. The number of hydrogen-bond donors (Lipinski definition) is 2. The lowest BCUT2D eigenvalue weighted by Gasteiger charge is -2.20. The van der Waals surface area contributed by atoms with E-state index < -0.39 is 18.1 Å². The summed E-state index contributed by atoms with van der Waals surface area (Å²) in [7, 11) is 0. The molecule has 184 valence electrons. The molecule has 0 saturated carbocycles. The van der Waals surface area contributed by atoms with Gasteiger partial charge >= 0.3 is 12.1 Å². The van der Waals surface area contributed by atoms with Crippen LogP contribution in [0.2, 0.25) is 0 Å². The zero-order chi connectivity index (χ0) is 25.5. The summed E-state index contributed by atoms with van der Waals surface area (Å²) in [5.41, 5.74) is 7.57. The zero-order valence-corrected chi connectivity index (χ0v) is 20.6. The van der Waals surface area contributed by atoms with E-state index in [1.54, 1.807) is 0 Å². The number of alkyl carbamates (subject to hydrolysis) is 1. The molecule has 0 heterocycles. The zero-order valence-electron chi connectivity index (χ0n) is 20.6. The van der Waals surface area contributed by atoms with Crippen molar-refractivity contribution in [1.82, 2.24) is 5.32 Å². The van der Waals surface area contributed by atoms with Gasteiger partial charge in [0.1, 0.15) is 6.61 Å². The first kappa shape index (κ1) is 25.0. The van der Waals surface area contributed by atoms with Crippen LogP contribution >= 0.6 is 0 Å². The Labute approximate surface area is 212 Å². The van der Waals surface area contributed by atoms with Crippen LogP contribution in [-0.2, 0) is 9.53 Å². The van der Waals surface area contributed by atoms with Gasteiger partial charge in [0.15, 0.2) is 0 Å². The van der Waals surface area contributed by atoms with Crippen LogP contribution in [0.4, 0.5) is 4.79 Å². The third-order valence-corrected chi connectivity index (χ3v) is 6.56. The number of carboxylic acids is 1. The molecule has 0 aliphatic heterocycles. The molecule has 0 bridgehead atoms. The average molecular weight is 482 g/mol. The predicted molar refractivity (Wildman–Crippen MR) is 143 cm³/mol. The van der Waals surface area contributed by atoms with Crippen LogP contribution in [0.1, 0.15) is 55.3 Å².